The Morgan fingerprint density at radius 2 is 1.91 bits per heavy atom. The highest BCUT2D eigenvalue weighted by molar-refractivity contribution is 5.89. The Morgan fingerprint density at radius 1 is 1.13 bits per heavy atom. The summed E-state index contributed by atoms with van der Waals surface area (Å²) in [5.41, 5.74) is 1.12. The maximum Gasteiger partial charge on any atom is 0.319 e. The van der Waals surface area contributed by atoms with Gasteiger partial charge in [-0.15, -0.1) is 0 Å². The van der Waals surface area contributed by atoms with Gasteiger partial charge in [0, 0.05) is 31.3 Å². The molecule has 2 aromatic rings. The monoisotopic (exact) mass is 316 g/mol. The fourth-order valence-electron chi connectivity index (χ4n) is 1.91. The molecule has 0 atom stereocenters. The fourth-order valence-corrected chi connectivity index (χ4v) is 1.91. The summed E-state index contributed by atoms with van der Waals surface area (Å²) < 4.78 is 13.0. The molecule has 2 rings (SSSR count). The van der Waals surface area contributed by atoms with Crippen LogP contribution < -0.4 is 16.0 Å². The Hall–Kier alpha value is -2.96. The highest BCUT2D eigenvalue weighted by Crippen LogP contribution is 2.08. The number of pyridine rings is 1. The first-order valence-corrected chi connectivity index (χ1v) is 7.07. The van der Waals surface area contributed by atoms with Crippen molar-refractivity contribution in [2.45, 2.75) is 13.3 Å². The molecule has 0 unspecified atom stereocenters. The van der Waals surface area contributed by atoms with Crippen LogP contribution in [0.3, 0.4) is 0 Å². The molecule has 1 aromatic carbocycles. The van der Waals surface area contributed by atoms with Crippen LogP contribution in [-0.2, 0) is 11.2 Å². The molecule has 0 saturated heterocycles. The van der Waals surface area contributed by atoms with Gasteiger partial charge in [-0.1, -0.05) is 12.1 Å². The van der Waals surface area contributed by atoms with Crippen molar-refractivity contribution in [2.24, 2.45) is 0 Å². The Kier molecular flexibility index (Phi) is 5.62. The molecule has 120 valence electrons. The van der Waals surface area contributed by atoms with Gasteiger partial charge in [-0.25, -0.2) is 14.2 Å². The van der Waals surface area contributed by atoms with E-state index in [0.29, 0.717) is 24.5 Å². The van der Waals surface area contributed by atoms with Gasteiger partial charge in [0.25, 0.3) is 0 Å². The lowest BCUT2D eigenvalue weighted by Gasteiger charge is -2.08. The topological polar surface area (TPSA) is 83.1 Å². The van der Waals surface area contributed by atoms with Gasteiger partial charge in [0.1, 0.15) is 11.6 Å². The van der Waals surface area contributed by atoms with Gasteiger partial charge in [-0.3, -0.25) is 4.79 Å². The third-order valence-electron chi connectivity index (χ3n) is 2.86. The summed E-state index contributed by atoms with van der Waals surface area (Å²) in [7, 11) is 0. The summed E-state index contributed by atoms with van der Waals surface area (Å²) in [4.78, 5) is 26.9. The Morgan fingerprint density at radius 3 is 2.65 bits per heavy atom. The molecule has 0 saturated carbocycles. The summed E-state index contributed by atoms with van der Waals surface area (Å²) in [5.74, 6) is -0.136. The second kappa shape index (κ2) is 7.88. The molecule has 1 heterocycles. The number of carbonyl (C=O) groups excluding carboxylic acids is 2. The molecule has 1 aromatic heterocycles. The third kappa shape index (κ3) is 5.74. The highest BCUT2D eigenvalue weighted by Gasteiger charge is 2.03. The zero-order valence-corrected chi connectivity index (χ0v) is 12.6. The van der Waals surface area contributed by atoms with Gasteiger partial charge in [0.2, 0.25) is 5.91 Å². The van der Waals surface area contributed by atoms with Crippen LogP contribution >= 0.6 is 0 Å². The molecule has 0 radical (unpaired) electrons. The predicted octanol–water partition coefficient (Wildman–Crippen LogP) is 2.54. The van der Waals surface area contributed by atoms with Crippen LogP contribution in [0.4, 0.5) is 20.7 Å². The van der Waals surface area contributed by atoms with Gasteiger partial charge in [0.05, 0.1) is 0 Å². The number of nitrogens with one attached hydrogen (secondary N) is 3. The van der Waals surface area contributed by atoms with Crippen LogP contribution in [0.25, 0.3) is 0 Å². The van der Waals surface area contributed by atoms with Gasteiger partial charge in [0.15, 0.2) is 0 Å². The zero-order chi connectivity index (χ0) is 16.7. The molecule has 0 spiro atoms. The average molecular weight is 316 g/mol. The summed E-state index contributed by atoms with van der Waals surface area (Å²) in [6.07, 6.45) is 0.504. The second-order valence-electron chi connectivity index (χ2n) is 4.84. The molecule has 0 aliphatic rings. The van der Waals surface area contributed by atoms with Gasteiger partial charge in [-0.2, -0.15) is 0 Å². The molecule has 23 heavy (non-hydrogen) atoms. The van der Waals surface area contributed by atoms with E-state index in [0.717, 1.165) is 5.69 Å². The normalized spacial score (nSPS) is 10.0. The van der Waals surface area contributed by atoms with Crippen molar-refractivity contribution in [1.29, 1.82) is 0 Å². The number of nitrogens with zero attached hydrogens (tertiary/aromatic N) is 1. The van der Waals surface area contributed by atoms with Crippen LogP contribution in [-0.4, -0.2) is 23.5 Å². The summed E-state index contributed by atoms with van der Waals surface area (Å²) in [6.45, 7) is 1.77. The summed E-state index contributed by atoms with van der Waals surface area (Å²) in [6, 6.07) is 10.5. The Bertz CT molecular complexity index is 706. The van der Waals surface area contributed by atoms with E-state index in [1.807, 2.05) is 0 Å². The Balaban J connectivity index is 1.80. The number of benzene rings is 1. The smallest absolute Gasteiger partial charge is 0.319 e. The maximum absolute atomic E-state index is 13.0. The highest BCUT2D eigenvalue weighted by atomic mass is 19.1. The van der Waals surface area contributed by atoms with E-state index in [-0.39, 0.29) is 5.91 Å². The fraction of sp³-hybridized carbons (Fsp3) is 0.188. The quantitative estimate of drug-likeness (QED) is 0.792. The van der Waals surface area contributed by atoms with Gasteiger partial charge in [-0.05, 0) is 30.3 Å². The first kappa shape index (κ1) is 16.4. The van der Waals surface area contributed by atoms with E-state index in [1.165, 1.54) is 25.1 Å². The van der Waals surface area contributed by atoms with Gasteiger partial charge < -0.3 is 16.0 Å². The molecule has 7 heteroatoms. The molecular formula is C16H17FN4O2. The number of halogens is 1. The minimum atomic E-state index is -0.423. The molecular weight excluding hydrogens is 299 g/mol. The number of anilines is 2. The van der Waals surface area contributed by atoms with Gasteiger partial charge >= 0.3 is 6.03 Å². The Labute approximate surface area is 133 Å². The molecule has 0 fully saturated rings. The van der Waals surface area contributed by atoms with Crippen molar-refractivity contribution in [3.8, 4) is 0 Å². The number of aromatic nitrogens is 1. The van der Waals surface area contributed by atoms with Crippen LogP contribution in [0.15, 0.2) is 42.5 Å². The number of rotatable bonds is 5. The molecule has 3 amide bonds. The molecule has 0 bridgehead atoms. The van der Waals surface area contributed by atoms with Crippen molar-refractivity contribution < 1.29 is 14.0 Å². The lowest BCUT2D eigenvalue weighted by molar-refractivity contribution is -0.114. The van der Waals surface area contributed by atoms with E-state index in [2.05, 4.69) is 20.9 Å². The lowest BCUT2D eigenvalue weighted by Crippen LogP contribution is -2.30. The van der Waals surface area contributed by atoms with Crippen molar-refractivity contribution in [3.05, 3.63) is 54.0 Å². The molecule has 3 N–H and O–H groups in total. The number of hydrogen-bond donors (Lipinski definition) is 3. The van der Waals surface area contributed by atoms with E-state index in [4.69, 9.17) is 0 Å². The van der Waals surface area contributed by atoms with Crippen LogP contribution in [0.5, 0.6) is 0 Å². The van der Waals surface area contributed by atoms with E-state index in [9.17, 15) is 14.0 Å². The van der Waals surface area contributed by atoms with Crippen molar-refractivity contribution >= 4 is 23.4 Å². The average Bonchev–Trinajstić information content (AvgIpc) is 2.47. The van der Waals surface area contributed by atoms with Crippen LogP contribution in [0, 0.1) is 5.82 Å². The first-order chi connectivity index (χ1) is 11.0. The molecule has 0 aliphatic heterocycles. The second-order valence-corrected chi connectivity index (χ2v) is 4.84. The summed E-state index contributed by atoms with van der Waals surface area (Å²) >= 11 is 0. The number of amides is 3. The molecule has 6 nitrogen and oxygen atoms in total. The number of carbonyl (C=O) groups is 2. The largest absolute Gasteiger partial charge is 0.337 e. The number of urea groups is 1. The summed E-state index contributed by atoms with van der Waals surface area (Å²) in [5, 5.41) is 7.80. The predicted molar refractivity (Wildman–Crippen MR) is 85.7 cm³/mol. The van der Waals surface area contributed by atoms with Crippen molar-refractivity contribution in [2.75, 3.05) is 17.2 Å². The number of hydrogen-bond acceptors (Lipinski definition) is 3. The van der Waals surface area contributed by atoms with E-state index < -0.39 is 11.8 Å². The van der Waals surface area contributed by atoms with Crippen LogP contribution in [0.1, 0.15) is 12.6 Å². The van der Waals surface area contributed by atoms with Crippen molar-refractivity contribution in [1.82, 2.24) is 10.3 Å². The lowest BCUT2D eigenvalue weighted by atomic mass is 10.2. The first-order valence-electron chi connectivity index (χ1n) is 7.07. The van der Waals surface area contributed by atoms with Crippen LogP contribution in [0.2, 0.25) is 0 Å². The standard InChI is InChI=1S/C16H17FN4O2/c1-11(22)19-15-7-3-5-13(20-15)8-9-18-16(23)21-14-6-2-4-12(17)10-14/h2-7,10H,8-9H2,1H3,(H2,18,21,23)(H,19,20,22). The SMILES string of the molecule is CC(=O)Nc1cccc(CCNC(=O)Nc2cccc(F)c2)n1. The maximum atomic E-state index is 13.0. The van der Waals surface area contributed by atoms with E-state index in [1.54, 1.807) is 24.3 Å². The van der Waals surface area contributed by atoms with E-state index >= 15 is 0 Å². The third-order valence-corrected chi connectivity index (χ3v) is 2.86. The molecule has 0 aliphatic carbocycles. The van der Waals surface area contributed by atoms with Crippen molar-refractivity contribution in [3.63, 3.8) is 0 Å². The minimum absolute atomic E-state index is 0.192. The minimum Gasteiger partial charge on any atom is -0.337 e. The zero-order valence-electron chi connectivity index (χ0n) is 12.6.